The van der Waals surface area contributed by atoms with E-state index in [1.807, 2.05) is 25.4 Å². The van der Waals surface area contributed by atoms with E-state index in [2.05, 4.69) is 33.0 Å². The molecule has 0 bridgehead atoms. The Labute approximate surface area is 113 Å². The lowest BCUT2D eigenvalue weighted by atomic mass is 10.2. The first-order chi connectivity index (χ1) is 9.24. The average molecular weight is 256 g/mol. The lowest BCUT2D eigenvalue weighted by Gasteiger charge is -2.16. The molecule has 0 amide bonds. The predicted molar refractivity (Wildman–Crippen MR) is 76.7 cm³/mol. The van der Waals surface area contributed by atoms with Crippen LogP contribution in [-0.2, 0) is 0 Å². The Balaban J connectivity index is 1.90. The van der Waals surface area contributed by atoms with Gasteiger partial charge < -0.3 is 9.88 Å². The number of nitrogens with zero attached hydrogens (tertiary/aromatic N) is 3. The molecule has 100 valence electrons. The van der Waals surface area contributed by atoms with Crippen molar-refractivity contribution in [1.82, 2.24) is 14.5 Å². The Morgan fingerprint density at radius 1 is 1.26 bits per heavy atom. The van der Waals surface area contributed by atoms with Gasteiger partial charge in [0.25, 0.3) is 0 Å². The number of nitrogens with one attached hydrogen (secondary N) is 1. The first-order valence-electron chi connectivity index (χ1n) is 6.97. The molecule has 0 aromatic carbocycles. The predicted octanol–water partition coefficient (Wildman–Crippen LogP) is 3.75. The molecule has 0 unspecified atom stereocenters. The molecule has 3 rings (SSSR count). The van der Waals surface area contributed by atoms with Crippen LogP contribution in [-0.4, -0.2) is 14.5 Å². The number of pyridine rings is 1. The van der Waals surface area contributed by atoms with Gasteiger partial charge in [-0.15, -0.1) is 0 Å². The van der Waals surface area contributed by atoms with E-state index >= 15 is 0 Å². The number of hydrogen-bond donors (Lipinski definition) is 1. The van der Waals surface area contributed by atoms with Crippen molar-refractivity contribution in [3.8, 4) is 0 Å². The first kappa shape index (κ1) is 12.2. The second kappa shape index (κ2) is 5.03. The van der Waals surface area contributed by atoms with Crippen molar-refractivity contribution >= 4 is 11.6 Å². The maximum absolute atomic E-state index is 4.62. The topological polar surface area (TPSA) is 42.7 Å². The normalized spacial score (nSPS) is 15.9. The van der Waals surface area contributed by atoms with Gasteiger partial charge in [0.15, 0.2) is 0 Å². The molecule has 4 nitrogen and oxygen atoms in total. The summed E-state index contributed by atoms with van der Waals surface area (Å²) in [5.41, 5.74) is 3.29. The summed E-state index contributed by atoms with van der Waals surface area (Å²) in [6.45, 7) is 4.13. The molecule has 1 aliphatic carbocycles. The molecule has 1 saturated carbocycles. The summed E-state index contributed by atoms with van der Waals surface area (Å²) in [6.07, 6.45) is 11.0. The zero-order valence-corrected chi connectivity index (χ0v) is 11.6. The minimum absolute atomic E-state index is 0.598. The van der Waals surface area contributed by atoms with E-state index in [0.29, 0.717) is 6.04 Å². The molecular weight excluding hydrogens is 236 g/mol. The molecule has 1 fully saturated rings. The van der Waals surface area contributed by atoms with Crippen LogP contribution in [0.3, 0.4) is 0 Å². The van der Waals surface area contributed by atoms with Crippen LogP contribution < -0.4 is 5.32 Å². The second-order valence-corrected chi connectivity index (χ2v) is 5.37. The van der Waals surface area contributed by atoms with Crippen molar-refractivity contribution < 1.29 is 0 Å². The van der Waals surface area contributed by atoms with Crippen molar-refractivity contribution in [2.24, 2.45) is 0 Å². The Morgan fingerprint density at radius 3 is 2.79 bits per heavy atom. The largest absolute Gasteiger partial charge is 0.324 e. The van der Waals surface area contributed by atoms with Gasteiger partial charge in [-0.25, -0.2) is 4.98 Å². The van der Waals surface area contributed by atoms with Gasteiger partial charge in [0.1, 0.15) is 0 Å². The second-order valence-electron chi connectivity index (χ2n) is 5.37. The molecule has 0 atom stereocenters. The van der Waals surface area contributed by atoms with Crippen LogP contribution in [0.4, 0.5) is 11.6 Å². The highest BCUT2D eigenvalue weighted by Crippen LogP contribution is 2.33. The molecule has 0 aliphatic heterocycles. The summed E-state index contributed by atoms with van der Waals surface area (Å²) in [4.78, 5) is 8.79. The fourth-order valence-electron chi connectivity index (χ4n) is 2.78. The number of aryl methyl sites for hydroxylation is 2. The van der Waals surface area contributed by atoms with Gasteiger partial charge in [-0.3, -0.25) is 4.98 Å². The number of imidazole rings is 1. The summed E-state index contributed by atoms with van der Waals surface area (Å²) in [5.74, 6) is 0.945. The molecule has 19 heavy (non-hydrogen) atoms. The van der Waals surface area contributed by atoms with Crippen molar-refractivity contribution in [3.05, 3.63) is 35.9 Å². The summed E-state index contributed by atoms with van der Waals surface area (Å²) in [6, 6.07) is 2.61. The zero-order chi connectivity index (χ0) is 13.2. The maximum Gasteiger partial charge on any atom is 0.207 e. The van der Waals surface area contributed by atoms with Crippen molar-refractivity contribution in [2.45, 2.75) is 45.6 Å². The van der Waals surface area contributed by atoms with Crippen LogP contribution in [0.2, 0.25) is 0 Å². The third-order valence-electron chi connectivity index (χ3n) is 3.86. The van der Waals surface area contributed by atoms with E-state index in [9.17, 15) is 0 Å². The molecule has 4 heteroatoms. The fourth-order valence-corrected chi connectivity index (χ4v) is 2.78. The molecule has 1 N–H and O–H groups in total. The molecular formula is C15H20N4. The smallest absolute Gasteiger partial charge is 0.207 e. The van der Waals surface area contributed by atoms with E-state index < -0.39 is 0 Å². The molecule has 1 aliphatic rings. The third-order valence-corrected chi connectivity index (χ3v) is 3.86. The van der Waals surface area contributed by atoms with Crippen LogP contribution in [0.15, 0.2) is 24.7 Å². The van der Waals surface area contributed by atoms with Crippen LogP contribution in [0.5, 0.6) is 0 Å². The van der Waals surface area contributed by atoms with Crippen LogP contribution in [0.1, 0.15) is 43.0 Å². The lowest BCUT2D eigenvalue weighted by Crippen LogP contribution is -2.08. The average Bonchev–Trinajstić information content (AvgIpc) is 3.01. The number of anilines is 2. The number of rotatable bonds is 3. The lowest BCUT2D eigenvalue weighted by molar-refractivity contribution is 0.524. The van der Waals surface area contributed by atoms with Crippen LogP contribution in [0.25, 0.3) is 0 Å². The van der Waals surface area contributed by atoms with E-state index in [1.54, 1.807) is 0 Å². The van der Waals surface area contributed by atoms with E-state index in [-0.39, 0.29) is 0 Å². The molecule has 2 heterocycles. The summed E-state index contributed by atoms with van der Waals surface area (Å²) < 4.78 is 2.30. The molecule has 0 saturated heterocycles. The highest BCUT2D eigenvalue weighted by Gasteiger charge is 2.20. The quantitative estimate of drug-likeness (QED) is 0.909. The highest BCUT2D eigenvalue weighted by molar-refractivity contribution is 5.57. The van der Waals surface area contributed by atoms with Gasteiger partial charge in [0.2, 0.25) is 5.95 Å². The van der Waals surface area contributed by atoms with Crippen LogP contribution in [0, 0.1) is 13.8 Å². The van der Waals surface area contributed by atoms with Gasteiger partial charge in [0.05, 0.1) is 17.6 Å². The van der Waals surface area contributed by atoms with Gasteiger partial charge in [-0.05, 0) is 38.3 Å². The highest BCUT2D eigenvalue weighted by atomic mass is 15.2. The molecule has 2 aromatic heterocycles. The van der Waals surface area contributed by atoms with E-state index in [1.165, 1.54) is 31.2 Å². The summed E-state index contributed by atoms with van der Waals surface area (Å²) in [5, 5.41) is 3.43. The Bertz CT molecular complexity index is 567. The molecule has 0 spiro atoms. The maximum atomic E-state index is 4.62. The monoisotopic (exact) mass is 256 g/mol. The zero-order valence-electron chi connectivity index (χ0n) is 11.6. The van der Waals surface area contributed by atoms with Crippen molar-refractivity contribution in [2.75, 3.05) is 5.32 Å². The summed E-state index contributed by atoms with van der Waals surface area (Å²) in [7, 11) is 0. The van der Waals surface area contributed by atoms with Crippen LogP contribution >= 0.6 is 0 Å². The Morgan fingerprint density at radius 2 is 2.05 bits per heavy atom. The minimum atomic E-state index is 0.598. The van der Waals surface area contributed by atoms with E-state index in [4.69, 9.17) is 0 Å². The van der Waals surface area contributed by atoms with Gasteiger partial charge in [0, 0.05) is 18.4 Å². The Hall–Kier alpha value is -1.84. The summed E-state index contributed by atoms with van der Waals surface area (Å²) >= 11 is 0. The van der Waals surface area contributed by atoms with E-state index in [0.717, 1.165) is 17.3 Å². The van der Waals surface area contributed by atoms with Gasteiger partial charge in [-0.1, -0.05) is 12.8 Å². The standard InChI is InChI=1S/C15H20N4/c1-11-7-8-16-9-14(11)18-15-17-12(2)10-19(15)13-5-3-4-6-13/h7-10,13H,3-6H2,1-2H3,(H,17,18). The molecule has 2 aromatic rings. The fraction of sp³-hybridized carbons (Fsp3) is 0.467. The van der Waals surface area contributed by atoms with Gasteiger partial charge >= 0.3 is 0 Å². The third kappa shape index (κ3) is 2.48. The number of aromatic nitrogens is 3. The Kier molecular flexibility index (Phi) is 3.23. The van der Waals surface area contributed by atoms with Gasteiger partial charge in [-0.2, -0.15) is 0 Å². The first-order valence-corrected chi connectivity index (χ1v) is 6.97. The SMILES string of the molecule is Cc1cn(C2CCCC2)c(Nc2cnccc2C)n1. The van der Waals surface area contributed by atoms with Crippen molar-refractivity contribution in [1.29, 1.82) is 0 Å². The molecule has 0 radical (unpaired) electrons. The number of hydrogen-bond acceptors (Lipinski definition) is 3. The minimum Gasteiger partial charge on any atom is -0.324 e. The van der Waals surface area contributed by atoms with Crippen molar-refractivity contribution in [3.63, 3.8) is 0 Å².